The Morgan fingerprint density at radius 1 is 1.31 bits per heavy atom. The minimum Gasteiger partial charge on any atom is -0.303 e. The van der Waals surface area contributed by atoms with Gasteiger partial charge in [0.1, 0.15) is 5.82 Å². The van der Waals surface area contributed by atoms with E-state index in [1.54, 1.807) is 11.3 Å². The molecule has 0 aliphatic heterocycles. The molecular weight excluding hydrogens is 430 g/mol. The Kier molecular flexibility index (Phi) is 5.29. The maximum absolute atomic E-state index is 12.7. The molecule has 0 spiro atoms. The SMILES string of the molecule is C[C@@H](Sc1nnc(Cc2cccs2)n1C1CC1)C(=O)c1ccc(Br)cc1. The number of aromatic nitrogens is 3. The van der Waals surface area contributed by atoms with Gasteiger partial charge < -0.3 is 4.57 Å². The summed E-state index contributed by atoms with van der Waals surface area (Å²) < 4.78 is 3.22. The van der Waals surface area contributed by atoms with Crippen LogP contribution in [0.25, 0.3) is 0 Å². The summed E-state index contributed by atoms with van der Waals surface area (Å²) >= 11 is 6.66. The number of ketones is 1. The molecule has 134 valence electrons. The number of benzene rings is 1. The van der Waals surface area contributed by atoms with Crippen molar-refractivity contribution in [1.82, 2.24) is 14.8 Å². The number of Topliss-reactive ketones (excluding diaryl/α,β-unsaturated/α-hetero) is 1. The average Bonchev–Trinajstić information content (AvgIpc) is 3.20. The largest absolute Gasteiger partial charge is 0.303 e. The van der Waals surface area contributed by atoms with Crippen LogP contribution in [-0.4, -0.2) is 25.8 Å². The highest BCUT2D eigenvalue weighted by atomic mass is 79.9. The third-order valence-electron chi connectivity index (χ3n) is 4.34. The van der Waals surface area contributed by atoms with Crippen molar-refractivity contribution in [3.05, 3.63) is 62.5 Å². The Labute approximate surface area is 169 Å². The van der Waals surface area contributed by atoms with Crippen molar-refractivity contribution in [3.63, 3.8) is 0 Å². The second kappa shape index (κ2) is 7.66. The smallest absolute Gasteiger partial charge is 0.192 e. The van der Waals surface area contributed by atoms with Gasteiger partial charge in [-0.05, 0) is 43.3 Å². The summed E-state index contributed by atoms with van der Waals surface area (Å²) in [4.78, 5) is 14.0. The minimum absolute atomic E-state index is 0.118. The van der Waals surface area contributed by atoms with Crippen molar-refractivity contribution in [2.75, 3.05) is 0 Å². The molecular formula is C19H18BrN3OS2. The van der Waals surface area contributed by atoms with Crippen molar-refractivity contribution in [1.29, 1.82) is 0 Å². The van der Waals surface area contributed by atoms with Crippen LogP contribution in [0.3, 0.4) is 0 Å². The van der Waals surface area contributed by atoms with Crippen LogP contribution in [0.5, 0.6) is 0 Å². The molecule has 0 unspecified atom stereocenters. The van der Waals surface area contributed by atoms with Gasteiger partial charge in [0.2, 0.25) is 0 Å². The van der Waals surface area contributed by atoms with E-state index in [-0.39, 0.29) is 11.0 Å². The molecule has 2 heterocycles. The average molecular weight is 448 g/mol. The first-order valence-electron chi connectivity index (χ1n) is 8.54. The lowest BCUT2D eigenvalue weighted by Crippen LogP contribution is -2.15. The summed E-state index contributed by atoms with van der Waals surface area (Å²) in [5.74, 6) is 1.12. The topological polar surface area (TPSA) is 47.8 Å². The molecule has 26 heavy (non-hydrogen) atoms. The maximum atomic E-state index is 12.7. The van der Waals surface area contributed by atoms with E-state index in [1.165, 1.54) is 16.6 Å². The number of thioether (sulfide) groups is 1. The summed E-state index contributed by atoms with van der Waals surface area (Å²) in [6.07, 6.45) is 3.13. The molecule has 0 saturated heterocycles. The lowest BCUT2D eigenvalue weighted by molar-refractivity contribution is 0.0994. The first-order chi connectivity index (χ1) is 12.6. The molecule has 0 radical (unpaired) electrons. The third kappa shape index (κ3) is 3.94. The number of hydrogen-bond donors (Lipinski definition) is 0. The van der Waals surface area contributed by atoms with Crippen molar-refractivity contribution >= 4 is 44.8 Å². The summed E-state index contributed by atoms with van der Waals surface area (Å²) in [5, 5.41) is 11.6. The number of thiophene rings is 1. The molecule has 1 saturated carbocycles. The Morgan fingerprint density at radius 2 is 2.08 bits per heavy atom. The van der Waals surface area contributed by atoms with Gasteiger partial charge in [-0.25, -0.2) is 0 Å². The van der Waals surface area contributed by atoms with Crippen LogP contribution >= 0.6 is 39.0 Å². The van der Waals surface area contributed by atoms with E-state index in [0.717, 1.165) is 40.3 Å². The molecule has 2 aromatic heterocycles. The summed E-state index contributed by atoms with van der Waals surface area (Å²) in [6, 6.07) is 12.2. The molecule has 0 N–H and O–H groups in total. The molecule has 7 heteroatoms. The van der Waals surface area contributed by atoms with Crippen LogP contribution in [0, 0.1) is 0 Å². The third-order valence-corrected chi connectivity index (χ3v) is 6.80. The molecule has 1 aliphatic carbocycles. The fourth-order valence-corrected chi connectivity index (χ4v) is 4.82. The second-order valence-corrected chi connectivity index (χ2v) is 9.64. The van der Waals surface area contributed by atoms with Gasteiger partial charge in [-0.1, -0.05) is 45.9 Å². The summed E-state index contributed by atoms with van der Waals surface area (Å²) in [6.45, 7) is 1.94. The van der Waals surface area contributed by atoms with Gasteiger partial charge in [0.05, 0.1) is 5.25 Å². The maximum Gasteiger partial charge on any atom is 0.192 e. The van der Waals surface area contributed by atoms with Gasteiger partial charge in [-0.2, -0.15) is 0 Å². The zero-order valence-corrected chi connectivity index (χ0v) is 17.5. The van der Waals surface area contributed by atoms with Crippen LogP contribution in [0.4, 0.5) is 0 Å². The van der Waals surface area contributed by atoms with Gasteiger partial charge in [0.25, 0.3) is 0 Å². The predicted octanol–water partition coefficient (Wildman–Crippen LogP) is 5.39. The number of halogens is 1. The molecule has 1 aromatic carbocycles. The first-order valence-corrected chi connectivity index (χ1v) is 11.1. The van der Waals surface area contributed by atoms with Crippen molar-refractivity contribution in [2.45, 2.75) is 42.6 Å². The predicted molar refractivity (Wildman–Crippen MR) is 109 cm³/mol. The van der Waals surface area contributed by atoms with Crippen LogP contribution in [0.2, 0.25) is 0 Å². The van der Waals surface area contributed by atoms with E-state index in [1.807, 2.05) is 31.2 Å². The number of rotatable bonds is 7. The highest BCUT2D eigenvalue weighted by Crippen LogP contribution is 2.40. The molecule has 4 rings (SSSR count). The van der Waals surface area contributed by atoms with Crippen LogP contribution < -0.4 is 0 Å². The fourth-order valence-electron chi connectivity index (χ4n) is 2.84. The number of nitrogens with zero attached hydrogens (tertiary/aromatic N) is 3. The summed E-state index contributed by atoms with van der Waals surface area (Å²) in [7, 11) is 0. The lowest BCUT2D eigenvalue weighted by atomic mass is 10.1. The van der Waals surface area contributed by atoms with Crippen LogP contribution in [0.1, 0.15) is 46.9 Å². The Bertz CT molecular complexity index is 902. The molecule has 1 aliphatic rings. The van der Waals surface area contributed by atoms with Crippen molar-refractivity contribution in [3.8, 4) is 0 Å². The number of carbonyl (C=O) groups excluding carboxylic acids is 1. The van der Waals surface area contributed by atoms with E-state index in [0.29, 0.717) is 6.04 Å². The van der Waals surface area contributed by atoms with E-state index in [2.05, 4.69) is 48.2 Å². The highest BCUT2D eigenvalue weighted by molar-refractivity contribution is 9.10. The minimum atomic E-state index is -0.201. The lowest BCUT2D eigenvalue weighted by Gasteiger charge is -2.12. The van der Waals surface area contributed by atoms with Crippen molar-refractivity contribution in [2.24, 2.45) is 0 Å². The quantitative estimate of drug-likeness (QED) is 0.359. The number of carbonyl (C=O) groups is 1. The Hall–Kier alpha value is -1.44. The van der Waals surface area contributed by atoms with E-state index < -0.39 is 0 Å². The molecule has 1 fully saturated rings. The van der Waals surface area contributed by atoms with Gasteiger partial charge in [0, 0.05) is 27.4 Å². The molecule has 0 bridgehead atoms. The van der Waals surface area contributed by atoms with E-state index in [9.17, 15) is 4.79 Å². The number of hydrogen-bond acceptors (Lipinski definition) is 5. The molecule has 1 atom stereocenters. The monoisotopic (exact) mass is 447 g/mol. The van der Waals surface area contributed by atoms with Gasteiger partial charge in [0.15, 0.2) is 10.9 Å². The fraction of sp³-hybridized carbons (Fsp3) is 0.316. The molecule has 3 aromatic rings. The van der Waals surface area contributed by atoms with Crippen molar-refractivity contribution < 1.29 is 4.79 Å². The standard InChI is InChI=1S/C19H18BrN3OS2/c1-12(18(24)13-4-6-14(20)7-5-13)26-19-22-21-17(23(19)15-8-9-15)11-16-3-2-10-25-16/h2-7,10,12,15H,8-9,11H2,1H3/t12-/m1/s1. The Balaban J connectivity index is 1.53. The molecule has 4 nitrogen and oxygen atoms in total. The van der Waals surface area contributed by atoms with E-state index >= 15 is 0 Å². The zero-order chi connectivity index (χ0) is 18.1. The zero-order valence-electron chi connectivity index (χ0n) is 14.3. The Morgan fingerprint density at radius 3 is 2.73 bits per heavy atom. The van der Waals surface area contributed by atoms with Gasteiger partial charge in [-0.15, -0.1) is 21.5 Å². The van der Waals surface area contributed by atoms with Gasteiger partial charge in [-0.3, -0.25) is 4.79 Å². The van der Waals surface area contributed by atoms with Gasteiger partial charge >= 0.3 is 0 Å². The second-order valence-electron chi connectivity index (χ2n) is 6.39. The van der Waals surface area contributed by atoms with Crippen LogP contribution in [-0.2, 0) is 6.42 Å². The van der Waals surface area contributed by atoms with Crippen LogP contribution in [0.15, 0.2) is 51.4 Å². The molecule has 0 amide bonds. The summed E-state index contributed by atoms with van der Waals surface area (Å²) in [5.41, 5.74) is 0.726. The van der Waals surface area contributed by atoms with E-state index in [4.69, 9.17) is 0 Å². The first kappa shape index (κ1) is 17.9. The highest BCUT2D eigenvalue weighted by Gasteiger charge is 2.31. The normalized spacial score (nSPS) is 15.2.